The molecule has 11 heteroatoms. The number of amides is 2. The van der Waals surface area contributed by atoms with Crippen LogP contribution in [0.25, 0.3) is 0 Å². The van der Waals surface area contributed by atoms with Gasteiger partial charge in [0.1, 0.15) is 11.8 Å². The van der Waals surface area contributed by atoms with Gasteiger partial charge in [-0.25, -0.2) is 4.79 Å². The first kappa shape index (κ1) is 29.3. The molecule has 3 aromatic rings. The Labute approximate surface area is 247 Å². The number of carbonyl (C=O) groups is 3. The van der Waals surface area contributed by atoms with Crippen LogP contribution in [0.1, 0.15) is 29.3 Å². The molecule has 1 aliphatic rings. The Hall–Kier alpha value is -3.66. The third-order valence-corrected chi connectivity index (χ3v) is 7.35. The van der Waals surface area contributed by atoms with Gasteiger partial charge in [0.25, 0.3) is 5.91 Å². The first-order chi connectivity index (χ1) is 19.2. The SMILES string of the molecule is CCOC(=O)c1ccc(NC(=O)CC2C(=O)N(c3ccc(OC)cc3)C(=S)N2CCc2ccc(Cl)cc2Cl)cc1. The number of esters is 1. The maximum absolute atomic E-state index is 13.7. The molecule has 1 atom stereocenters. The third-order valence-electron chi connectivity index (χ3n) is 6.34. The summed E-state index contributed by atoms with van der Waals surface area (Å²) in [6, 6.07) is 17.7. The lowest BCUT2D eigenvalue weighted by Gasteiger charge is -2.24. The summed E-state index contributed by atoms with van der Waals surface area (Å²) in [5.41, 5.74) is 2.27. The van der Waals surface area contributed by atoms with Gasteiger partial charge in [0.2, 0.25) is 5.91 Å². The molecular formula is C29H27Cl2N3O5S. The van der Waals surface area contributed by atoms with Crippen LogP contribution in [-0.4, -0.2) is 54.1 Å². The number of benzene rings is 3. The zero-order valence-electron chi connectivity index (χ0n) is 21.9. The molecule has 3 aromatic carbocycles. The zero-order valence-corrected chi connectivity index (χ0v) is 24.2. The number of nitrogens with one attached hydrogen (secondary N) is 1. The van der Waals surface area contributed by atoms with Crippen LogP contribution in [0.5, 0.6) is 5.75 Å². The van der Waals surface area contributed by atoms with Crippen LogP contribution in [0, 0.1) is 0 Å². The Bertz CT molecular complexity index is 1420. The van der Waals surface area contributed by atoms with Crippen LogP contribution >= 0.6 is 35.4 Å². The van der Waals surface area contributed by atoms with Gasteiger partial charge < -0.3 is 19.7 Å². The van der Waals surface area contributed by atoms with Crippen LogP contribution in [0.2, 0.25) is 10.0 Å². The molecule has 4 rings (SSSR count). The fraction of sp³-hybridized carbons (Fsp3) is 0.241. The minimum absolute atomic E-state index is 0.139. The van der Waals surface area contributed by atoms with E-state index in [0.717, 1.165) is 5.56 Å². The number of halogens is 2. The number of nitrogens with zero attached hydrogens (tertiary/aromatic N) is 2. The van der Waals surface area contributed by atoms with E-state index in [1.807, 2.05) is 6.07 Å². The second kappa shape index (κ2) is 13.1. The third kappa shape index (κ3) is 6.72. The molecule has 1 saturated heterocycles. The van der Waals surface area contributed by atoms with E-state index in [9.17, 15) is 14.4 Å². The van der Waals surface area contributed by atoms with Gasteiger partial charge in [0, 0.05) is 22.3 Å². The number of hydrogen-bond acceptors (Lipinski definition) is 6. The molecule has 0 spiro atoms. The molecule has 0 saturated carbocycles. The quantitative estimate of drug-likeness (QED) is 0.234. The number of hydrogen-bond donors (Lipinski definition) is 1. The number of methoxy groups -OCH3 is 1. The van der Waals surface area contributed by atoms with E-state index in [-0.39, 0.29) is 30.0 Å². The van der Waals surface area contributed by atoms with Crippen molar-refractivity contribution in [1.29, 1.82) is 0 Å². The highest BCUT2D eigenvalue weighted by Gasteiger charge is 2.44. The Morgan fingerprint density at radius 2 is 1.73 bits per heavy atom. The maximum atomic E-state index is 13.7. The summed E-state index contributed by atoms with van der Waals surface area (Å²) in [6.45, 7) is 2.35. The van der Waals surface area contributed by atoms with Crippen molar-refractivity contribution >= 4 is 69.7 Å². The number of ether oxygens (including phenoxy) is 2. The molecule has 40 heavy (non-hydrogen) atoms. The molecule has 1 aliphatic heterocycles. The van der Waals surface area contributed by atoms with Crippen molar-refractivity contribution in [3.05, 3.63) is 87.9 Å². The molecule has 2 amide bonds. The molecule has 208 valence electrons. The normalized spacial score (nSPS) is 14.8. The summed E-state index contributed by atoms with van der Waals surface area (Å²) in [6.07, 6.45) is 0.340. The lowest BCUT2D eigenvalue weighted by Crippen LogP contribution is -2.39. The molecule has 0 aromatic heterocycles. The highest BCUT2D eigenvalue weighted by atomic mass is 35.5. The highest BCUT2D eigenvalue weighted by molar-refractivity contribution is 7.80. The monoisotopic (exact) mass is 599 g/mol. The second-order valence-corrected chi connectivity index (χ2v) is 10.1. The van der Waals surface area contributed by atoms with E-state index in [1.165, 1.54) is 4.90 Å². The van der Waals surface area contributed by atoms with Gasteiger partial charge in [0.15, 0.2) is 5.11 Å². The predicted octanol–water partition coefficient (Wildman–Crippen LogP) is 5.75. The average Bonchev–Trinajstić information content (AvgIpc) is 3.16. The summed E-state index contributed by atoms with van der Waals surface area (Å²) in [7, 11) is 1.56. The van der Waals surface area contributed by atoms with E-state index in [4.69, 9.17) is 44.9 Å². The minimum atomic E-state index is -0.834. The van der Waals surface area contributed by atoms with Crippen LogP contribution in [0.15, 0.2) is 66.7 Å². The molecule has 1 heterocycles. The van der Waals surface area contributed by atoms with Gasteiger partial charge >= 0.3 is 5.97 Å². The Morgan fingerprint density at radius 3 is 2.35 bits per heavy atom. The summed E-state index contributed by atoms with van der Waals surface area (Å²) in [5, 5.41) is 4.12. The lowest BCUT2D eigenvalue weighted by molar-refractivity contribution is -0.124. The molecule has 1 unspecified atom stereocenters. The van der Waals surface area contributed by atoms with Crippen LogP contribution in [0.4, 0.5) is 11.4 Å². The number of anilines is 2. The van der Waals surface area contributed by atoms with E-state index < -0.39 is 12.0 Å². The van der Waals surface area contributed by atoms with Crippen LogP contribution < -0.4 is 15.0 Å². The lowest BCUT2D eigenvalue weighted by atomic mass is 10.1. The second-order valence-electron chi connectivity index (χ2n) is 8.90. The highest BCUT2D eigenvalue weighted by Crippen LogP contribution is 2.30. The smallest absolute Gasteiger partial charge is 0.338 e. The first-order valence-electron chi connectivity index (χ1n) is 12.5. The summed E-state index contributed by atoms with van der Waals surface area (Å²) in [4.78, 5) is 41.8. The zero-order chi connectivity index (χ0) is 28.8. The van der Waals surface area contributed by atoms with Crippen molar-refractivity contribution in [3.63, 3.8) is 0 Å². The fourth-order valence-electron chi connectivity index (χ4n) is 4.31. The average molecular weight is 601 g/mol. The van der Waals surface area contributed by atoms with Gasteiger partial charge in [0.05, 0.1) is 31.4 Å². The van der Waals surface area contributed by atoms with Gasteiger partial charge in [-0.05, 0) is 91.8 Å². The number of rotatable bonds is 10. The van der Waals surface area contributed by atoms with Gasteiger partial charge in [-0.3, -0.25) is 14.5 Å². The molecule has 0 radical (unpaired) electrons. The van der Waals surface area contributed by atoms with Crippen molar-refractivity contribution in [3.8, 4) is 5.75 Å². The molecular weight excluding hydrogens is 573 g/mol. The van der Waals surface area contributed by atoms with Crippen molar-refractivity contribution in [2.45, 2.75) is 25.8 Å². The van der Waals surface area contributed by atoms with Crippen LogP contribution in [0.3, 0.4) is 0 Å². The molecule has 1 N–H and O–H groups in total. The van der Waals surface area contributed by atoms with E-state index in [1.54, 1.807) is 79.6 Å². The van der Waals surface area contributed by atoms with Crippen molar-refractivity contribution in [2.75, 3.05) is 30.5 Å². The summed E-state index contributed by atoms with van der Waals surface area (Å²) < 4.78 is 10.2. The van der Waals surface area contributed by atoms with E-state index in [0.29, 0.717) is 45.7 Å². The van der Waals surface area contributed by atoms with Crippen molar-refractivity contribution < 1.29 is 23.9 Å². The van der Waals surface area contributed by atoms with Gasteiger partial charge in [-0.15, -0.1) is 0 Å². The number of carbonyl (C=O) groups excluding carboxylic acids is 3. The van der Waals surface area contributed by atoms with Gasteiger partial charge in [-0.2, -0.15) is 0 Å². The molecule has 1 fully saturated rings. The Kier molecular flexibility index (Phi) is 9.63. The largest absolute Gasteiger partial charge is 0.497 e. The Morgan fingerprint density at radius 1 is 1.02 bits per heavy atom. The predicted molar refractivity (Wildman–Crippen MR) is 159 cm³/mol. The summed E-state index contributed by atoms with van der Waals surface area (Å²) in [5.74, 6) is -0.498. The minimum Gasteiger partial charge on any atom is -0.497 e. The van der Waals surface area contributed by atoms with E-state index in [2.05, 4.69) is 5.32 Å². The van der Waals surface area contributed by atoms with Crippen molar-refractivity contribution in [1.82, 2.24) is 4.90 Å². The maximum Gasteiger partial charge on any atom is 0.338 e. The fourth-order valence-corrected chi connectivity index (χ4v) is 5.23. The Balaban J connectivity index is 1.53. The standard InChI is InChI=1S/C29H27Cl2N3O5S/c1-3-39-28(37)19-5-8-21(9-6-19)32-26(35)17-25-27(36)34(22-10-12-23(38-2)13-11-22)29(40)33(25)15-14-18-4-7-20(30)16-24(18)31/h4-13,16,25H,3,14-15,17H2,1-2H3,(H,32,35). The van der Waals surface area contributed by atoms with E-state index >= 15 is 0 Å². The van der Waals surface area contributed by atoms with Crippen LogP contribution in [-0.2, 0) is 20.7 Å². The summed E-state index contributed by atoms with van der Waals surface area (Å²) >= 11 is 18.2. The first-order valence-corrected chi connectivity index (χ1v) is 13.7. The number of thiocarbonyl (C=S) groups is 1. The van der Waals surface area contributed by atoms with Gasteiger partial charge in [-0.1, -0.05) is 29.3 Å². The topological polar surface area (TPSA) is 88.2 Å². The van der Waals surface area contributed by atoms with Crippen molar-refractivity contribution in [2.24, 2.45) is 0 Å². The molecule has 0 bridgehead atoms. The molecule has 0 aliphatic carbocycles. The molecule has 8 nitrogen and oxygen atoms in total.